The molecular weight excluding hydrogens is 288 g/mol. The Labute approximate surface area is 131 Å². The fraction of sp³-hybridized carbons (Fsp3) is 0.562. The van der Waals surface area contributed by atoms with Crippen molar-refractivity contribution < 1.29 is 9.53 Å². The van der Waals surface area contributed by atoms with Crippen molar-refractivity contribution in [3.63, 3.8) is 0 Å². The second-order valence-electron chi connectivity index (χ2n) is 6.51. The van der Waals surface area contributed by atoms with Crippen molar-refractivity contribution in [1.82, 2.24) is 10.2 Å². The molecule has 4 nitrogen and oxygen atoms in total. The number of rotatable bonds is 1. The second kappa shape index (κ2) is 6.24. The molecule has 0 aliphatic carbocycles. The molecule has 1 saturated heterocycles. The van der Waals surface area contributed by atoms with Crippen LogP contribution in [0.4, 0.5) is 4.79 Å². The number of nitrogens with zero attached hydrogens (tertiary/aromatic N) is 1. The molecule has 21 heavy (non-hydrogen) atoms. The molecule has 2 atom stereocenters. The van der Waals surface area contributed by atoms with E-state index in [0.29, 0.717) is 18.1 Å². The highest BCUT2D eigenvalue weighted by Crippen LogP contribution is 2.27. The third-order valence-corrected chi connectivity index (χ3v) is 3.60. The molecule has 0 saturated carbocycles. The van der Waals surface area contributed by atoms with E-state index < -0.39 is 5.60 Å². The molecule has 1 heterocycles. The fourth-order valence-corrected chi connectivity index (χ4v) is 2.64. The molecule has 0 bridgehead atoms. The number of ether oxygens (including phenoxy) is 1. The van der Waals surface area contributed by atoms with Gasteiger partial charge in [0.1, 0.15) is 5.60 Å². The van der Waals surface area contributed by atoms with E-state index in [4.69, 9.17) is 16.3 Å². The largest absolute Gasteiger partial charge is 0.444 e. The van der Waals surface area contributed by atoms with Gasteiger partial charge in [0.25, 0.3) is 0 Å². The number of hydrogen-bond acceptors (Lipinski definition) is 3. The molecule has 1 aromatic rings. The van der Waals surface area contributed by atoms with Gasteiger partial charge in [-0.2, -0.15) is 0 Å². The summed E-state index contributed by atoms with van der Waals surface area (Å²) in [4.78, 5) is 14.3. The number of amides is 1. The fourth-order valence-electron chi connectivity index (χ4n) is 2.44. The first-order valence-corrected chi connectivity index (χ1v) is 7.62. The Hall–Kier alpha value is -1.26. The maximum atomic E-state index is 12.5. The van der Waals surface area contributed by atoms with Crippen molar-refractivity contribution in [2.75, 3.05) is 13.1 Å². The van der Waals surface area contributed by atoms with Crippen molar-refractivity contribution >= 4 is 17.7 Å². The third kappa shape index (κ3) is 4.35. The highest BCUT2D eigenvalue weighted by molar-refractivity contribution is 6.30. The maximum absolute atomic E-state index is 12.5. The number of nitrogens with one attached hydrogen (secondary N) is 1. The van der Waals surface area contributed by atoms with Gasteiger partial charge in [-0.25, -0.2) is 4.79 Å². The van der Waals surface area contributed by atoms with E-state index in [-0.39, 0.29) is 18.2 Å². The van der Waals surface area contributed by atoms with Crippen molar-refractivity contribution in [3.8, 4) is 0 Å². The molecule has 1 fully saturated rings. The normalized spacial score (nSPS) is 23.0. The van der Waals surface area contributed by atoms with Gasteiger partial charge in [-0.1, -0.05) is 23.7 Å². The Kier molecular flexibility index (Phi) is 4.79. The van der Waals surface area contributed by atoms with Crippen LogP contribution in [-0.4, -0.2) is 35.7 Å². The minimum atomic E-state index is -0.496. The average Bonchev–Trinajstić information content (AvgIpc) is 2.36. The third-order valence-electron chi connectivity index (χ3n) is 3.37. The Balaban J connectivity index is 2.23. The first-order valence-electron chi connectivity index (χ1n) is 7.25. The smallest absolute Gasteiger partial charge is 0.410 e. The Bertz CT molecular complexity index is 513. The minimum Gasteiger partial charge on any atom is -0.444 e. The van der Waals surface area contributed by atoms with Gasteiger partial charge in [0.2, 0.25) is 0 Å². The number of carbonyl (C=O) groups is 1. The molecule has 1 amide bonds. The van der Waals surface area contributed by atoms with E-state index in [1.54, 1.807) is 4.90 Å². The summed E-state index contributed by atoms with van der Waals surface area (Å²) in [6.45, 7) is 9.01. The summed E-state index contributed by atoms with van der Waals surface area (Å²) in [6.07, 6.45) is -0.277. The Morgan fingerprint density at radius 1 is 1.43 bits per heavy atom. The van der Waals surface area contributed by atoms with Crippen LogP contribution in [0.2, 0.25) is 5.02 Å². The van der Waals surface area contributed by atoms with Gasteiger partial charge in [-0.15, -0.1) is 0 Å². The summed E-state index contributed by atoms with van der Waals surface area (Å²) < 4.78 is 5.53. The second-order valence-corrected chi connectivity index (χ2v) is 6.95. The van der Waals surface area contributed by atoms with E-state index in [1.165, 1.54) is 0 Å². The zero-order valence-corrected chi connectivity index (χ0v) is 13.8. The van der Waals surface area contributed by atoms with Crippen molar-refractivity contribution in [2.24, 2.45) is 0 Å². The lowest BCUT2D eigenvalue weighted by molar-refractivity contribution is 0.00787. The van der Waals surface area contributed by atoms with Crippen LogP contribution in [0, 0.1) is 0 Å². The van der Waals surface area contributed by atoms with Gasteiger partial charge in [-0.3, -0.25) is 4.90 Å². The molecule has 0 aromatic heterocycles. The number of piperazine rings is 1. The van der Waals surface area contributed by atoms with Gasteiger partial charge >= 0.3 is 6.09 Å². The molecule has 1 N–H and O–H groups in total. The number of hydrogen-bond donors (Lipinski definition) is 1. The molecule has 0 spiro atoms. The van der Waals surface area contributed by atoms with Crippen LogP contribution >= 0.6 is 11.6 Å². The molecule has 0 unspecified atom stereocenters. The average molecular weight is 311 g/mol. The molecule has 116 valence electrons. The lowest BCUT2D eigenvalue weighted by Crippen LogP contribution is -2.54. The van der Waals surface area contributed by atoms with Crippen molar-refractivity contribution in [1.29, 1.82) is 0 Å². The van der Waals surface area contributed by atoms with E-state index in [9.17, 15) is 4.79 Å². The highest BCUT2D eigenvalue weighted by Gasteiger charge is 2.33. The van der Waals surface area contributed by atoms with Crippen LogP contribution in [0.3, 0.4) is 0 Å². The summed E-state index contributed by atoms with van der Waals surface area (Å²) in [5, 5.41) is 4.08. The zero-order valence-electron chi connectivity index (χ0n) is 13.0. The van der Waals surface area contributed by atoms with E-state index >= 15 is 0 Å². The van der Waals surface area contributed by atoms with Gasteiger partial charge in [0.05, 0.1) is 6.04 Å². The van der Waals surface area contributed by atoms with Crippen LogP contribution in [-0.2, 0) is 4.74 Å². The molecule has 1 aromatic carbocycles. The summed E-state index contributed by atoms with van der Waals surface area (Å²) in [6, 6.07) is 7.82. The van der Waals surface area contributed by atoms with Gasteiger partial charge in [0, 0.05) is 24.2 Å². The van der Waals surface area contributed by atoms with Gasteiger partial charge in [-0.05, 0) is 45.4 Å². The predicted octanol–water partition coefficient (Wildman–Crippen LogP) is 3.61. The molecule has 2 rings (SSSR count). The van der Waals surface area contributed by atoms with E-state index in [0.717, 1.165) is 5.56 Å². The lowest BCUT2D eigenvalue weighted by atomic mass is 10.0. The van der Waals surface area contributed by atoms with E-state index in [2.05, 4.69) is 12.2 Å². The molecule has 0 radical (unpaired) electrons. The zero-order chi connectivity index (χ0) is 15.6. The standard InChI is InChI=1S/C16H23ClN2O2/c1-11-10-19(15(20)21-16(2,3)4)14(9-18-11)12-6-5-7-13(17)8-12/h5-8,11,14,18H,9-10H2,1-4H3/t11-,14+/m1/s1. The lowest BCUT2D eigenvalue weighted by Gasteiger charge is -2.40. The van der Waals surface area contributed by atoms with Crippen LogP contribution in [0.25, 0.3) is 0 Å². The Morgan fingerprint density at radius 3 is 2.76 bits per heavy atom. The maximum Gasteiger partial charge on any atom is 0.410 e. The van der Waals surface area contributed by atoms with Crippen molar-refractivity contribution in [3.05, 3.63) is 34.9 Å². The summed E-state index contributed by atoms with van der Waals surface area (Å²) in [5.74, 6) is 0. The number of benzene rings is 1. The van der Waals surface area contributed by atoms with Crippen LogP contribution in [0.5, 0.6) is 0 Å². The molecule has 1 aliphatic rings. The summed E-state index contributed by atoms with van der Waals surface area (Å²) in [5.41, 5.74) is 0.525. The van der Waals surface area contributed by atoms with E-state index in [1.807, 2.05) is 45.0 Å². The molecule has 5 heteroatoms. The summed E-state index contributed by atoms with van der Waals surface area (Å²) in [7, 11) is 0. The SMILES string of the molecule is C[C@@H]1CN(C(=O)OC(C)(C)C)[C@H](c2cccc(Cl)c2)CN1. The van der Waals surface area contributed by atoms with Gasteiger partial charge < -0.3 is 10.1 Å². The van der Waals surface area contributed by atoms with Gasteiger partial charge in [0.15, 0.2) is 0 Å². The van der Waals surface area contributed by atoms with Crippen molar-refractivity contribution in [2.45, 2.75) is 45.4 Å². The van der Waals surface area contributed by atoms with Crippen LogP contribution in [0.1, 0.15) is 39.3 Å². The quantitative estimate of drug-likeness (QED) is 0.861. The number of halogens is 1. The predicted molar refractivity (Wildman–Crippen MR) is 84.6 cm³/mol. The summed E-state index contributed by atoms with van der Waals surface area (Å²) >= 11 is 6.07. The first-order chi connectivity index (χ1) is 9.76. The van der Waals surface area contributed by atoms with Crippen LogP contribution < -0.4 is 5.32 Å². The molecule has 1 aliphatic heterocycles. The monoisotopic (exact) mass is 310 g/mol. The topological polar surface area (TPSA) is 41.6 Å². The highest BCUT2D eigenvalue weighted by atomic mass is 35.5. The van der Waals surface area contributed by atoms with Crippen LogP contribution in [0.15, 0.2) is 24.3 Å². The minimum absolute atomic E-state index is 0.0604. The number of carbonyl (C=O) groups excluding carboxylic acids is 1. The Morgan fingerprint density at radius 2 is 2.14 bits per heavy atom. The molecular formula is C16H23ClN2O2. The first kappa shape index (κ1) is 16.1.